The molecule has 3 nitrogen and oxygen atoms in total. The summed E-state index contributed by atoms with van der Waals surface area (Å²) in [6, 6.07) is 7.00. The van der Waals surface area contributed by atoms with Crippen molar-refractivity contribution >= 4 is 11.8 Å². The molecule has 0 saturated carbocycles. The second kappa shape index (κ2) is 6.61. The standard InChI is InChI=1S/C15H16O3/c1-4-5-14(10-11(2)16)12-6-8-13(9-7-12)15(17)18-3/h1,6-9,14H,5,10H2,2-3H3. The number of carbonyl (C=O) groups excluding carboxylic acids is 2. The summed E-state index contributed by atoms with van der Waals surface area (Å²) < 4.78 is 4.62. The summed E-state index contributed by atoms with van der Waals surface area (Å²) in [5.41, 5.74) is 1.46. The van der Waals surface area contributed by atoms with E-state index in [1.165, 1.54) is 7.11 Å². The third-order valence-electron chi connectivity index (χ3n) is 2.70. The van der Waals surface area contributed by atoms with Crippen molar-refractivity contribution in [3.8, 4) is 12.3 Å². The van der Waals surface area contributed by atoms with Crippen LogP contribution < -0.4 is 0 Å². The van der Waals surface area contributed by atoms with Gasteiger partial charge in [-0.1, -0.05) is 12.1 Å². The Bertz CT molecular complexity index is 466. The molecule has 0 amide bonds. The summed E-state index contributed by atoms with van der Waals surface area (Å²) >= 11 is 0. The first-order chi connectivity index (χ1) is 8.58. The second-order valence-electron chi connectivity index (χ2n) is 4.12. The lowest BCUT2D eigenvalue weighted by molar-refractivity contribution is -0.117. The number of ketones is 1. The van der Waals surface area contributed by atoms with E-state index in [0.29, 0.717) is 18.4 Å². The molecular formula is C15H16O3. The number of benzene rings is 1. The summed E-state index contributed by atoms with van der Waals surface area (Å²) in [5, 5.41) is 0. The van der Waals surface area contributed by atoms with E-state index in [-0.39, 0.29) is 17.7 Å². The van der Waals surface area contributed by atoms with E-state index in [1.54, 1.807) is 19.1 Å². The van der Waals surface area contributed by atoms with Crippen molar-refractivity contribution < 1.29 is 14.3 Å². The van der Waals surface area contributed by atoms with Crippen molar-refractivity contribution in [2.24, 2.45) is 0 Å². The molecular weight excluding hydrogens is 228 g/mol. The number of terminal acetylenes is 1. The van der Waals surface area contributed by atoms with E-state index in [4.69, 9.17) is 6.42 Å². The molecule has 1 aromatic carbocycles. The fraction of sp³-hybridized carbons (Fsp3) is 0.333. The van der Waals surface area contributed by atoms with Crippen LogP contribution in [0.2, 0.25) is 0 Å². The van der Waals surface area contributed by atoms with Gasteiger partial charge in [0.25, 0.3) is 0 Å². The van der Waals surface area contributed by atoms with E-state index in [9.17, 15) is 9.59 Å². The minimum Gasteiger partial charge on any atom is -0.465 e. The largest absolute Gasteiger partial charge is 0.465 e. The highest BCUT2D eigenvalue weighted by Gasteiger charge is 2.14. The highest BCUT2D eigenvalue weighted by Crippen LogP contribution is 2.23. The van der Waals surface area contributed by atoms with Gasteiger partial charge in [0.15, 0.2) is 0 Å². The molecule has 1 atom stereocenters. The van der Waals surface area contributed by atoms with Gasteiger partial charge >= 0.3 is 5.97 Å². The molecule has 0 fully saturated rings. The zero-order valence-corrected chi connectivity index (χ0v) is 10.6. The number of Topliss-reactive ketones (excluding diaryl/α,β-unsaturated/α-hetero) is 1. The van der Waals surface area contributed by atoms with Crippen molar-refractivity contribution in [2.45, 2.75) is 25.7 Å². The predicted molar refractivity (Wildman–Crippen MR) is 69.3 cm³/mol. The van der Waals surface area contributed by atoms with Gasteiger partial charge in [-0.3, -0.25) is 0 Å². The zero-order valence-electron chi connectivity index (χ0n) is 10.6. The maximum Gasteiger partial charge on any atom is 0.337 e. The van der Waals surface area contributed by atoms with E-state index in [0.717, 1.165) is 5.56 Å². The molecule has 94 valence electrons. The van der Waals surface area contributed by atoms with E-state index < -0.39 is 0 Å². The number of methoxy groups -OCH3 is 1. The Hall–Kier alpha value is -2.08. The third-order valence-corrected chi connectivity index (χ3v) is 2.70. The molecule has 3 heteroatoms. The van der Waals surface area contributed by atoms with Crippen LogP contribution in [0.25, 0.3) is 0 Å². The van der Waals surface area contributed by atoms with Crippen LogP contribution in [0.4, 0.5) is 0 Å². The topological polar surface area (TPSA) is 43.4 Å². The molecule has 0 aliphatic heterocycles. The Morgan fingerprint density at radius 2 is 1.94 bits per heavy atom. The first-order valence-corrected chi connectivity index (χ1v) is 5.69. The van der Waals surface area contributed by atoms with Gasteiger partial charge < -0.3 is 9.53 Å². The van der Waals surface area contributed by atoms with Crippen LogP contribution in [0.1, 0.15) is 41.6 Å². The smallest absolute Gasteiger partial charge is 0.337 e. The van der Waals surface area contributed by atoms with Crippen molar-refractivity contribution in [3.05, 3.63) is 35.4 Å². The summed E-state index contributed by atoms with van der Waals surface area (Å²) in [6.07, 6.45) is 6.24. The normalized spacial score (nSPS) is 11.4. The van der Waals surface area contributed by atoms with Crippen molar-refractivity contribution in [3.63, 3.8) is 0 Å². The monoisotopic (exact) mass is 244 g/mol. The number of carbonyl (C=O) groups is 2. The molecule has 18 heavy (non-hydrogen) atoms. The van der Waals surface area contributed by atoms with Gasteiger partial charge in [-0.2, -0.15) is 0 Å². The Morgan fingerprint density at radius 1 is 1.33 bits per heavy atom. The first-order valence-electron chi connectivity index (χ1n) is 5.69. The predicted octanol–water partition coefficient (Wildman–Crippen LogP) is 2.56. The number of esters is 1. The Balaban J connectivity index is 2.90. The Morgan fingerprint density at radius 3 is 2.39 bits per heavy atom. The Kier molecular flexibility index (Phi) is 5.13. The lowest BCUT2D eigenvalue weighted by Crippen LogP contribution is -2.05. The highest BCUT2D eigenvalue weighted by molar-refractivity contribution is 5.89. The molecule has 0 bridgehead atoms. The van der Waals surface area contributed by atoms with Crippen LogP contribution >= 0.6 is 0 Å². The zero-order chi connectivity index (χ0) is 13.5. The van der Waals surface area contributed by atoms with Crippen LogP contribution in [0.5, 0.6) is 0 Å². The molecule has 0 aromatic heterocycles. The molecule has 1 aromatic rings. The van der Waals surface area contributed by atoms with E-state index in [1.807, 2.05) is 12.1 Å². The van der Waals surface area contributed by atoms with E-state index in [2.05, 4.69) is 10.7 Å². The minimum atomic E-state index is -0.374. The molecule has 1 unspecified atom stereocenters. The molecule has 0 saturated heterocycles. The fourth-order valence-electron chi connectivity index (χ4n) is 1.81. The summed E-state index contributed by atoms with van der Waals surface area (Å²) in [6.45, 7) is 1.55. The molecule has 0 N–H and O–H groups in total. The minimum absolute atomic E-state index is 0.0131. The van der Waals surface area contributed by atoms with Gasteiger partial charge in [-0.15, -0.1) is 12.3 Å². The van der Waals surface area contributed by atoms with Crippen LogP contribution in [-0.2, 0) is 9.53 Å². The molecule has 0 spiro atoms. The quantitative estimate of drug-likeness (QED) is 0.590. The summed E-state index contributed by atoms with van der Waals surface area (Å²) in [4.78, 5) is 22.5. The Labute approximate surface area is 107 Å². The van der Waals surface area contributed by atoms with Gasteiger partial charge in [-0.25, -0.2) is 4.79 Å². The third kappa shape index (κ3) is 3.74. The van der Waals surface area contributed by atoms with E-state index >= 15 is 0 Å². The van der Waals surface area contributed by atoms with Crippen molar-refractivity contribution in [1.82, 2.24) is 0 Å². The first kappa shape index (κ1) is 14.0. The molecule has 0 radical (unpaired) electrons. The second-order valence-corrected chi connectivity index (χ2v) is 4.12. The lowest BCUT2D eigenvalue weighted by atomic mass is 9.91. The van der Waals surface area contributed by atoms with Crippen LogP contribution in [0, 0.1) is 12.3 Å². The van der Waals surface area contributed by atoms with Gasteiger partial charge in [0.1, 0.15) is 5.78 Å². The SMILES string of the molecule is C#CCC(CC(C)=O)c1ccc(C(=O)OC)cc1. The average Bonchev–Trinajstić information content (AvgIpc) is 2.37. The highest BCUT2D eigenvalue weighted by atomic mass is 16.5. The molecule has 0 aliphatic carbocycles. The van der Waals surface area contributed by atoms with Gasteiger partial charge in [0, 0.05) is 18.8 Å². The number of hydrogen-bond acceptors (Lipinski definition) is 3. The van der Waals surface area contributed by atoms with Gasteiger partial charge in [-0.05, 0) is 24.6 Å². The maximum atomic E-state index is 11.3. The number of hydrogen-bond donors (Lipinski definition) is 0. The lowest BCUT2D eigenvalue weighted by Gasteiger charge is -2.13. The van der Waals surface area contributed by atoms with Crippen molar-refractivity contribution in [1.29, 1.82) is 0 Å². The molecule has 0 heterocycles. The summed E-state index contributed by atoms with van der Waals surface area (Å²) in [7, 11) is 1.34. The van der Waals surface area contributed by atoms with Crippen molar-refractivity contribution in [2.75, 3.05) is 7.11 Å². The van der Waals surface area contributed by atoms with Crippen LogP contribution in [0.15, 0.2) is 24.3 Å². The molecule has 0 aliphatic rings. The number of rotatable bonds is 5. The fourth-order valence-corrected chi connectivity index (χ4v) is 1.81. The van der Waals surface area contributed by atoms with Gasteiger partial charge in [0.05, 0.1) is 12.7 Å². The van der Waals surface area contributed by atoms with Crippen LogP contribution in [0.3, 0.4) is 0 Å². The average molecular weight is 244 g/mol. The maximum absolute atomic E-state index is 11.3. The molecule has 1 rings (SSSR count). The summed E-state index contributed by atoms with van der Waals surface area (Å²) in [5.74, 6) is 2.32. The number of ether oxygens (including phenoxy) is 1. The van der Waals surface area contributed by atoms with Crippen LogP contribution in [-0.4, -0.2) is 18.9 Å². The van der Waals surface area contributed by atoms with Gasteiger partial charge in [0.2, 0.25) is 0 Å².